The van der Waals surface area contributed by atoms with Crippen LogP contribution in [0.1, 0.15) is 19.4 Å². The second-order valence-electron chi connectivity index (χ2n) is 4.14. The highest BCUT2D eigenvalue weighted by molar-refractivity contribution is 5.61. The number of benzene rings is 1. The number of nitrogens with zero attached hydrogens (tertiary/aromatic N) is 1. The average Bonchev–Trinajstić information content (AvgIpc) is 2.27. The van der Waals surface area contributed by atoms with Gasteiger partial charge in [0.25, 0.3) is 0 Å². The molecule has 2 rings (SSSR count). The van der Waals surface area contributed by atoms with E-state index in [0.29, 0.717) is 12.6 Å². The molecule has 2 N–H and O–H groups in total. The van der Waals surface area contributed by atoms with Gasteiger partial charge in [-0.15, -0.1) is 0 Å². The smallest absolute Gasteiger partial charge is 0.143 e. The van der Waals surface area contributed by atoms with Crippen molar-refractivity contribution in [3.05, 3.63) is 23.8 Å². The summed E-state index contributed by atoms with van der Waals surface area (Å²) in [6.07, 6.45) is 0. The molecule has 1 aliphatic heterocycles. The normalized spacial score (nSPS) is 15.1. The van der Waals surface area contributed by atoms with Crippen molar-refractivity contribution in [3.8, 4) is 5.75 Å². The summed E-state index contributed by atoms with van der Waals surface area (Å²) in [5.74, 6) is 0.970. The van der Waals surface area contributed by atoms with Gasteiger partial charge in [-0.1, -0.05) is 6.07 Å². The van der Waals surface area contributed by atoms with E-state index in [1.54, 1.807) is 0 Å². The Morgan fingerprint density at radius 1 is 1.47 bits per heavy atom. The zero-order chi connectivity index (χ0) is 10.8. The van der Waals surface area contributed by atoms with Gasteiger partial charge in [0.1, 0.15) is 12.4 Å². The first-order valence-corrected chi connectivity index (χ1v) is 5.45. The molecule has 0 amide bonds. The SMILES string of the molecule is CC(C)N1CCOc2cc(CN)ccc21. The summed E-state index contributed by atoms with van der Waals surface area (Å²) < 4.78 is 5.65. The quantitative estimate of drug-likeness (QED) is 0.801. The van der Waals surface area contributed by atoms with Crippen LogP contribution in [0, 0.1) is 0 Å². The molecule has 0 fully saturated rings. The first-order chi connectivity index (χ1) is 7.22. The molecule has 0 aromatic heterocycles. The molecule has 82 valence electrons. The van der Waals surface area contributed by atoms with E-state index in [2.05, 4.69) is 30.9 Å². The van der Waals surface area contributed by atoms with Crippen LogP contribution in [-0.4, -0.2) is 19.2 Å². The largest absolute Gasteiger partial charge is 0.490 e. The van der Waals surface area contributed by atoms with Crippen LogP contribution < -0.4 is 15.4 Å². The van der Waals surface area contributed by atoms with Crippen LogP contribution in [0.4, 0.5) is 5.69 Å². The van der Waals surface area contributed by atoms with Gasteiger partial charge in [0.2, 0.25) is 0 Å². The second kappa shape index (κ2) is 4.11. The lowest BCUT2D eigenvalue weighted by Crippen LogP contribution is -2.37. The van der Waals surface area contributed by atoms with E-state index < -0.39 is 0 Å². The maximum absolute atomic E-state index is 5.65. The Bertz CT molecular complexity index is 349. The molecule has 0 spiro atoms. The number of nitrogens with two attached hydrogens (primary N) is 1. The number of rotatable bonds is 2. The van der Waals surface area contributed by atoms with E-state index >= 15 is 0 Å². The lowest BCUT2D eigenvalue weighted by molar-refractivity contribution is 0.302. The monoisotopic (exact) mass is 206 g/mol. The molecule has 1 heterocycles. The van der Waals surface area contributed by atoms with Crippen molar-refractivity contribution in [1.82, 2.24) is 0 Å². The third kappa shape index (κ3) is 1.92. The maximum atomic E-state index is 5.65. The second-order valence-corrected chi connectivity index (χ2v) is 4.14. The first-order valence-electron chi connectivity index (χ1n) is 5.45. The lowest BCUT2D eigenvalue weighted by Gasteiger charge is -2.34. The molecule has 1 aliphatic rings. The van der Waals surface area contributed by atoms with Crippen molar-refractivity contribution < 1.29 is 4.74 Å². The molecular formula is C12H18N2O. The lowest BCUT2D eigenvalue weighted by atomic mass is 10.1. The van der Waals surface area contributed by atoms with Gasteiger partial charge in [0, 0.05) is 12.6 Å². The van der Waals surface area contributed by atoms with Crippen molar-refractivity contribution in [2.24, 2.45) is 5.73 Å². The van der Waals surface area contributed by atoms with E-state index in [9.17, 15) is 0 Å². The Morgan fingerprint density at radius 3 is 2.93 bits per heavy atom. The number of ether oxygens (including phenoxy) is 1. The molecule has 0 unspecified atom stereocenters. The molecule has 0 aliphatic carbocycles. The Kier molecular flexibility index (Phi) is 2.82. The van der Waals surface area contributed by atoms with Crippen molar-refractivity contribution in [1.29, 1.82) is 0 Å². The minimum atomic E-state index is 0.511. The number of fused-ring (bicyclic) bond motifs is 1. The predicted octanol–water partition coefficient (Wildman–Crippen LogP) is 1.75. The summed E-state index contributed by atoms with van der Waals surface area (Å²) in [5, 5.41) is 0. The van der Waals surface area contributed by atoms with Crippen LogP contribution in [0.2, 0.25) is 0 Å². The van der Waals surface area contributed by atoms with Gasteiger partial charge in [-0.3, -0.25) is 0 Å². The summed E-state index contributed by atoms with van der Waals surface area (Å²) in [6, 6.07) is 6.74. The third-order valence-corrected chi connectivity index (χ3v) is 2.78. The van der Waals surface area contributed by atoms with Crippen LogP contribution in [0.15, 0.2) is 18.2 Å². The fourth-order valence-corrected chi connectivity index (χ4v) is 1.95. The fourth-order valence-electron chi connectivity index (χ4n) is 1.95. The molecule has 0 bridgehead atoms. The van der Waals surface area contributed by atoms with Gasteiger partial charge in [-0.05, 0) is 31.5 Å². The van der Waals surface area contributed by atoms with E-state index in [1.165, 1.54) is 5.69 Å². The predicted molar refractivity (Wildman–Crippen MR) is 62.3 cm³/mol. The zero-order valence-corrected chi connectivity index (χ0v) is 9.36. The maximum Gasteiger partial charge on any atom is 0.143 e. The van der Waals surface area contributed by atoms with Gasteiger partial charge >= 0.3 is 0 Å². The number of hydrogen-bond donors (Lipinski definition) is 1. The molecule has 1 aromatic rings. The molecule has 1 aromatic carbocycles. The van der Waals surface area contributed by atoms with Gasteiger partial charge in [-0.25, -0.2) is 0 Å². The molecular weight excluding hydrogens is 188 g/mol. The summed E-state index contributed by atoms with van der Waals surface area (Å²) in [4.78, 5) is 2.36. The van der Waals surface area contributed by atoms with Crippen LogP contribution in [0.5, 0.6) is 5.75 Å². The van der Waals surface area contributed by atoms with E-state index in [1.807, 2.05) is 6.07 Å². The van der Waals surface area contributed by atoms with Gasteiger partial charge in [0.15, 0.2) is 0 Å². The highest BCUT2D eigenvalue weighted by atomic mass is 16.5. The number of hydrogen-bond acceptors (Lipinski definition) is 3. The van der Waals surface area contributed by atoms with Crippen molar-refractivity contribution in [2.45, 2.75) is 26.4 Å². The van der Waals surface area contributed by atoms with E-state index in [0.717, 1.165) is 24.5 Å². The molecule has 0 saturated carbocycles. The summed E-state index contributed by atoms with van der Waals surface area (Å²) >= 11 is 0. The standard InChI is InChI=1S/C12H18N2O/c1-9(2)14-5-6-15-12-7-10(8-13)3-4-11(12)14/h3-4,7,9H,5-6,8,13H2,1-2H3. The minimum absolute atomic E-state index is 0.511. The summed E-state index contributed by atoms with van der Waals surface area (Å²) in [7, 11) is 0. The molecule has 3 nitrogen and oxygen atoms in total. The Balaban J connectivity index is 2.36. The number of anilines is 1. The molecule has 3 heteroatoms. The average molecular weight is 206 g/mol. The topological polar surface area (TPSA) is 38.5 Å². The van der Waals surface area contributed by atoms with E-state index in [4.69, 9.17) is 10.5 Å². The van der Waals surface area contributed by atoms with Crippen LogP contribution in [0.25, 0.3) is 0 Å². The van der Waals surface area contributed by atoms with Gasteiger partial charge < -0.3 is 15.4 Å². The zero-order valence-electron chi connectivity index (χ0n) is 9.36. The molecule has 0 radical (unpaired) electrons. The molecule has 0 atom stereocenters. The van der Waals surface area contributed by atoms with Gasteiger partial charge in [0.05, 0.1) is 12.2 Å². The third-order valence-electron chi connectivity index (χ3n) is 2.78. The molecule has 15 heavy (non-hydrogen) atoms. The Labute approximate surface area is 90.8 Å². The Hall–Kier alpha value is -1.22. The van der Waals surface area contributed by atoms with Crippen molar-refractivity contribution in [2.75, 3.05) is 18.1 Å². The Morgan fingerprint density at radius 2 is 2.27 bits per heavy atom. The van der Waals surface area contributed by atoms with E-state index in [-0.39, 0.29) is 0 Å². The molecule has 0 saturated heterocycles. The highest BCUT2D eigenvalue weighted by Gasteiger charge is 2.19. The van der Waals surface area contributed by atoms with Crippen molar-refractivity contribution >= 4 is 5.69 Å². The van der Waals surface area contributed by atoms with Crippen molar-refractivity contribution in [3.63, 3.8) is 0 Å². The fraction of sp³-hybridized carbons (Fsp3) is 0.500. The summed E-state index contributed by atoms with van der Waals surface area (Å²) in [6.45, 7) is 6.70. The van der Waals surface area contributed by atoms with Crippen LogP contribution >= 0.6 is 0 Å². The first kappa shape index (κ1) is 10.3. The van der Waals surface area contributed by atoms with Crippen LogP contribution in [0.3, 0.4) is 0 Å². The minimum Gasteiger partial charge on any atom is -0.490 e. The summed E-state index contributed by atoms with van der Waals surface area (Å²) in [5.41, 5.74) is 7.92. The highest BCUT2D eigenvalue weighted by Crippen LogP contribution is 2.33. The van der Waals surface area contributed by atoms with Crippen LogP contribution in [-0.2, 0) is 6.54 Å². The van der Waals surface area contributed by atoms with Gasteiger partial charge in [-0.2, -0.15) is 0 Å².